The molecule has 0 spiro atoms. The number of fused-ring (bicyclic) bond motifs is 1. The number of imidazole rings is 1. The predicted octanol–water partition coefficient (Wildman–Crippen LogP) is 3.11. The van der Waals surface area contributed by atoms with E-state index in [2.05, 4.69) is 29.9 Å². The highest BCUT2D eigenvalue weighted by Gasteiger charge is 2.41. The minimum Gasteiger partial charge on any atom is -0.303 e. The van der Waals surface area contributed by atoms with Crippen LogP contribution in [0.3, 0.4) is 0 Å². The summed E-state index contributed by atoms with van der Waals surface area (Å²) in [6.07, 6.45) is 4.75. The normalized spacial score (nSPS) is 18.6. The molecule has 1 saturated heterocycles. The molecule has 0 unspecified atom stereocenters. The SMILES string of the molecule is CC(C)c1ccccc1-c1ncc2[nH]c(=O)n(CC3CCN(S(=O)(=O)C4CC4)CC3)c2n1. The summed E-state index contributed by atoms with van der Waals surface area (Å²) in [5, 5.41) is -0.167. The van der Waals surface area contributed by atoms with Crippen LogP contribution < -0.4 is 5.69 Å². The zero-order valence-electron chi connectivity index (χ0n) is 18.5. The molecule has 3 heterocycles. The van der Waals surface area contributed by atoms with E-state index in [4.69, 9.17) is 4.98 Å². The van der Waals surface area contributed by atoms with E-state index in [1.54, 1.807) is 15.1 Å². The molecule has 0 amide bonds. The third kappa shape index (κ3) is 3.88. The van der Waals surface area contributed by atoms with Crippen LogP contribution in [0, 0.1) is 5.92 Å². The number of aromatic nitrogens is 4. The van der Waals surface area contributed by atoms with Crippen LogP contribution in [0.1, 0.15) is 51.0 Å². The fourth-order valence-corrected chi connectivity index (χ4v) is 6.50. The van der Waals surface area contributed by atoms with Crippen LogP contribution in [0.5, 0.6) is 0 Å². The molecule has 1 aromatic carbocycles. The van der Waals surface area contributed by atoms with Crippen molar-refractivity contribution in [2.24, 2.45) is 5.92 Å². The third-order valence-electron chi connectivity index (χ3n) is 6.65. The molecule has 1 aliphatic carbocycles. The summed E-state index contributed by atoms with van der Waals surface area (Å²) in [6.45, 7) is 5.86. The van der Waals surface area contributed by atoms with Gasteiger partial charge in [0.2, 0.25) is 10.0 Å². The lowest BCUT2D eigenvalue weighted by Crippen LogP contribution is -2.41. The molecule has 2 aliphatic rings. The smallest absolute Gasteiger partial charge is 0.303 e. The molecule has 0 radical (unpaired) electrons. The van der Waals surface area contributed by atoms with Crippen LogP contribution in [0.2, 0.25) is 0 Å². The summed E-state index contributed by atoms with van der Waals surface area (Å²) in [5.74, 6) is 1.18. The van der Waals surface area contributed by atoms with Gasteiger partial charge in [-0.1, -0.05) is 38.1 Å². The van der Waals surface area contributed by atoms with Gasteiger partial charge < -0.3 is 4.98 Å². The minimum atomic E-state index is -3.13. The molecule has 1 aliphatic heterocycles. The number of H-pyrrole nitrogens is 1. The van der Waals surface area contributed by atoms with Gasteiger partial charge in [-0.05, 0) is 43.1 Å². The van der Waals surface area contributed by atoms with E-state index in [0.29, 0.717) is 42.5 Å². The van der Waals surface area contributed by atoms with Gasteiger partial charge in [0.25, 0.3) is 0 Å². The van der Waals surface area contributed by atoms with Crippen LogP contribution in [-0.4, -0.2) is 50.6 Å². The maximum Gasteiger partial charge on any atom is 0.327 e. The van der Waals surface area contributed by atoms with Crippen molar-refractivity contribution < 1.29 is 8.42 Å². The first-order valence-corrected chi connectivity index (χ1v) is 12.9. The van der Waals surface area contributed by atoms with Gasteiger partial charge in [0.1, 0.15) is 5.52 Å². The number of nitrogens with one attached hydrogen (secondary N) is 1. The van der Waals surface area contributed by atoms with Gasteiger partial charge in [-0.15, -0.1) is 0 Å². The van der Waals surface area contributed by atoms with Gasteiger partial charge in [-0.2, -0.15) is 0 Å². The summed E-state index contributed by atoms with van der Waals surface area (Å²) < 4.78 is 28.3. The van der Waals surface area contributed by atoms with E-state index in [-0.39, 0.29) is 16.9 Å². The Balaban J connectivity index is 1.40. The molecule has 5 rings (SSSR count). The zero-order chi connectivity index (χ0) is 22.5. The number of benzene rings is 1. The molecule has 9 heteroatoms. The Morgan fingerprint density at radius 2 is 1.84 bits per heavy atom. The summed E-state index contributed by atoms with van der Waals surface area (Å²) in [5.41, 5.74) is 3.17. The molecule has 32 heavy (non-hydrogen) atoms. The average Bonchev–Trinajstić information content (AvgIpc) is 3.60. The second-order valence-corrected chi connectivity index (χ2v) is 11.5. The number of hydrogen-bond acceptors (Lipinski definition) is 5. The van der Waals surface area contributed by atoms with Crippen LogP contribution in [-0.2, 0) is 16.6 Å². The first kappa shape index (κ1) is 21.3. The summed E-state index contributed by atoms with van der Waals surface area (Å²) in [7, 11) is -3.13. The first-order valence-electron chi connectivity index (χ1n) is 11.4. The van der Waals surface area contributed by atoms with Crippen molar-refractivity contribution in [2.75, 3.05) is 13.1 Å². The van der Waals surface area contributed by atoms with E-state index < -0.39 is 10.0 Å². The van der Waals surface area contributed by atoms with Gasteiger partial charge in [-0.3, -0.25) is 4.57 Å². The van der Waals surface area contributed by atoms with Crippen molar-refractivity contribution in [3.05, 3.63) is 46.5 Å². The minimum absolute atomic E-state index is 0.167. The number of rotatable bonds is 6. The maximum absolute atomic E-state index is 12.7. The van der Waals surface area contributed by atoms with Crippen LogP contribution in [0.15, 0.2) is 35.3 Å². The summed E-state index contributed by atoms with van der Waals surface area (Å²) in [6, 6.07) is 8.09. The number of sulfonamides is 1. The van der Waals surface area contributed by atoms with Crippen molar-refractivity contribution in [3.63, 3.8) is 0 Å². The number of nitrogens with zero attached hydrogens (tertiary/aromatic N) is 4. The quantitative estimate of drug-likeness (QED) is 0.615. The van der Waals surface area contributed by atoms with Gasteiger partial charge in [0.05, 0.1) is 11.4 Å². The lowest BCUT2D eigenvalue weighted by Gasteiger charge is -2.31. The van der Waals surface area contributed by atoms with E-state index >= 15 is 0 Å². The highest BCUT2D eigenvalue weighted by atomic mass is 32.2. The zero-order valence-corrected chi connectivity index (χ0v) is 19.3. The fraction of sp³-hybridized carbons (Fsp3) is 0.522. The van der Waals surface area contributed by atoms with Crippen molar-refractivity contribution in [1.29, 1.82) is 0 Å². The molecule has 1 saturated carbocycles. The second kappa shape index (κ2) is 8.12. The second-order valence-electron chi connectivity index (χ2n) is 9.30. The number of hydrogen-bond donors (Lipinski definition) is 1. The van der Waals surface area contributed by atoms with E-state index in [1.165, 1.54) is 5.56 Å². The van der Waals surface area contributed by atoms with Crippen LogP contribution >= 0.6 is 0 Å². The predicted molar refractivity (Wildman–Crippen MR) is 124 cm³/mol. The highest BCUT2D eigenvalue weighted by Crippen LogP contribution is 2.33. The number of piperidine rings is 1. The number of aromatic amines is 1. The van der Waals surface area contributed by atoms with Crippen LogP contribution in [0.25, 0.3) is 22.6 Å². The fourth-order valence-electron chi connectivity index (χ4n) is 4.63. The van der Waals surface area contributed by atoms with Gasteiger partial charge in [-0.25, -0.2) is 27.5 Å². The van der Waals surface area contributed by atoms with Gasteiger partial charge in [0, 0.05) is 25.2 Å². The van der Waals surface area contributed by atoms with E-state index in [9.17, 15) is 13.2 Å². The third-order valence-corrected chi connectivity index (χ3v) is 9.05. The molecule has 0 bridgehead atoms. The van der Waals surface area contributed by atoms with Crippen molar-refractivity contribution in [1.82, 2.24) is 23.8 Å². The Labute approximate surface area is 187 Å². The molecule has 2 fully saturated rings. The van der Waals surface area contributed by atoms with Crippen molar-refractivity contribution in [2.45, 2.75) is 57.2 Å². The van der Waals surface area contributed by atoms with Crippen LogP contribution in [0.4, 0.5) is 0 Å². The first-order chi connectivity index (χ1) is 15.3. The van der Waals surface area contributed by atoms with Crippen molar-refractivity contribution >= 4 is 21.2 Å². The average molecular weight is 456 g/mol. The summed E-state index contributed by atoms with van der Waals surface area (Å²) >= 11 is 0. The molecule has 1 N–H and O–H groups in total. The van der Waals surface area contributed by atoms with Crippen molar-refractivity contribution in [3.8, 4) is 11.4 Å². The summed E-state index contributed by atoms with van der Waals surface area (Å²) in [4.78, 5) is 24.8. The Bertz CT molecular complexity index is 1300. The topological polar surface area (TPSA) is 101 Å². The Morgan fingerprint density at radius 1 is 1.12 bits per heavy atom. The highest BCUT2D eigenvalue weighted by molar-refractivity contribution is 7.90. The van der Waals surface area contributed by atoms with Gasteiger partial charge in [0.15, 0.2) is 11.5 Å². The molecule has 2 aromatic heterocycles. The lowest BCUT2D eigenvalue weighted by atomic mass is 9.97. The lowest BCUT2D eigenvalue weighted by molar-refractivity contribution is 0.252. The molecule has 0 atom stereocenters. The molecule has 170 valence electrons. The van der Waals surface area contributed by atoms with E-state index in [1.807, 2.05) is 18.2 Å². The standard InChI is InChI=1S/C23H29N5O3S/c1-15(2)18-5-3-4-6-19(18)21-24-13-20-22(26-21)28(23(29)25-20)14-16-9-11-27(12-10-16)32(30,31)17-7-8-17/h3-6,13,15-17H,7-12,14H2,1-2H3,(H,25,29). The Morgan fingerprint density at radius 3 is 2.53 bits per heavy atom. The molecular weight excluding hydrogens is 426 g/mol. The molecule has 8 nitrogen and oxygen atoms in total. The molecular formula is C23H29N5O3S. The van der Waals surface area contributed by atoms with E-state index in [0.717, 1.165) is 31.2 Å². The largest absolute Gasteiger partial charge is 0.327 e. The molecule has 3 aromatic rings. The maximum atomic E-state index is 12.7. The Kier molecular flexibility index (Phi) is 5.41. The van der Waals surface area contributed by atoms with Gasteiger partial charge >= 0.3 is 5.69 Å². The monoisotopic (exact) mass is 455 g/mol. The Hall–Kier alpha value is -2.52.